The molecule has 0 fully saturated rings. The Balaban J connectivity index is 4.00. The topological polar surface area (TPSA) is 78.9 Å². The van der Waals surface area contributed by atoms with E-state index in [0.717, 1.165) is 122 Å². The quantitative estimate of drug-likeness (QED) is 0.0261. The van der Waals surface area contributed by atoms with Crippen molar-refractivity contribution in [2.24, 2.45) is 0 Å². The van der Waals surface area contributed by atoms with E-state index in [4.69, 9.17) is 14.2 Å². The Kier molecular flexibility index (Phi) is 57.4. The van der Waals surface area contributed by atoms with E-state index >= 15 is 0 Å². The molecule has 6 heteroatoms. The van der Waals surface area contributed by atoms with E-state index in [2.05, 4.69) is 130 Å². The molecule has 0 radical (unpaired) electrons. The van der Waals surface area contributed by atoms with Gasteiger partial charge in [-0.2, -0.15) is 0 Å². The maximum atomic E-state index is 12.8. The fourth-order valence-corrected chi connectivity index (χ4v) is 8.28. The van der Waals surface area contributed by atoms with Crippen LogP contribution in [0, 0.1) is 0 Å². The predicted molar refractivity (Wildman–Crippen MR) is 316 cm³/mol. The Morgan fingerprint density at radius 1 is 0.288 bits per heavy atom. The van der Waals surface area contributed by atoms with Crippen LogP contribution in [-0.2, 0) is 28.6 Å². The summed E-state index contributed by atoms with van der Waals surface area (Å²) >= 11 is 0. The molecule has 0 aromatic rings. The van der Waals surface area contributed by atoms with Crippen LogP contribution in [0.4, 0.5) is 0 Å². The average Bonchev–Trinajstić information content (AvgIpc) is 3.39. The molecular formula is C67H112O6. The molecule has 0 aromatic heterocycles. The highest BCUT2D eigenvalue weighted by molar-refractivity contribution is 5.71. The number of ether oxygens (including phenoxy) is 3. The third-order valence-electron chi connectivity index (χ3n) is 12.8. The summed E-state index contributed by atoms with van der Waals surface area (Å²) in [4.78, 5) is 37.9. The molecular weight excluding hydrogens is 901 g/mol. The highest BCUT2D eigenvalue weighted by Crippen LogP contribution is 2.16. The van der Waals surface area contributed by atoms with Gasteiger partial charge < -0.3 is 14.2 Å². The molecule has 0 aliphatic carbocycles. The van der Waals surface area contributed by atoms with Gasteiger partial charge >= 0.3 is 17.9 Å². The molecule has 0 rings (SSSR count). The van der Waals surface area contributed by atoms with Crippen molar-refractivity contribution in [1.82, 2.24) is 0 Å². The summed E-state index contributed by atoms with van der Waals surface area (Å²) in [6, 6.07) is 0. The first-order chi connectivity index (χ1) is 36.0. The summed E-state index contributed by atoms with van der Waals surface area (Å²) in [7, 11) is 0. The molecule has 73 heavy (non-hydrogen) atoms. The summed E-state index contributed by atoms with van der Waals surface area (Å²) in [5, 5.41) is 0. The fourth-order valence-electron chi connectivity index (χ4n) is 8.28. The molecule has 0 N–H and O–H groups in total. The van der Waals surface area contributed by atoms with Crippen LogP contribution in [0.5, 0.6) is 0 Å². The minimum Gasteiger partial charge on any atom is -0.462 e. The van der Waals surface area contributed by atoms with E-state index in [0.29, 0.717) is 19.3 Å². The third kappa shape index (κ3) is 58.8. The van der Waals surface area contributed by atoms with Gasteiger partial charge in [0.05, 0.1) is 0 Å². The van der Waals surface area contributed by atoms with Crippen LogP contribution >= 0.6 is 0 Å². The van der Waals surface area contributed by atoms with Gasteiger partial charge in [-0.3, -0.25) is 14.4 Å². The Morgan fingerprint density at radius 2 is 0.534 bits per heavy atom. The van der Waals surface area contributed by atoms with Crippen molar-refractivity contribution in [3.63, 3.8) is 0 Å². The first-order valence-electron chi connectivity index (χ1n) is 30.4. The Morgan fingerprint density at radius 3 is 0.849 bits per heavy atom. The summed E-state index contributed by atoms with van der Waals surface area (Å²) in [6.07, 6.45) is 82.8. The van der Waals surface area contributed by atoms with Crippen molar-refractivity contribution in [3.05, 3.63) is 109 Å². The summed E-state index contributed by atoms with van der Waals surface area (Å²) in [6.45, 7) is 6.34. The van der Waals surface area contributed by atoms with Gasteiger partial charge in [0.1, 0.15) is 13.2 Å². The van der Waals surface area contributed by atoms with Crippen molar-refractivity contribution in [1.29, 1.82) is 0 Å². The minimum absolute atomic E-state index is 0.0875. The van der Waals surface area contributed by atoms with Crippen LogP contribution in [0.2, 0.25) is 0 Å². The zero-order chi connectivity index (χ0) is 52.9. The van der Waals surface area contributed by atoms with Gasteiger partial charge in [-0.1, -0.05) is 265 Å². The van der Waals surface area contributed by atoms with Gasteiger partial charge in [-0.25, -0.2) is 0 Å². The lowest BCUT2D eigenvalue weighted by Gasteiger charge is -2.18. The standard InChI is InChI=1S/C67H112O6/c1-4-7-10-13-16-18-20-22-23-24-25-26-27-28-29-30-31-32-33-34-35-36-37-38-39-40-41-42-43-45-46-48-51-54-57-60-66(69)72-63-64(62-71-65(68)59-56-53-50-15-12-9-6-3)73-67(70)61-58-55-52-49-47-44-21-19-17-14-11-8-5-2/h7-8,10-11,16-19,22-23,25-26,28-29,31-32,44,47,64H,4-6,9,12-15,20-21,24,27,30,33-43,45-46,48-63H2,1-3H3/b10-7-,11-8-,18-16-,19-17-,23-22-,26-25-,29-28-,32-31-,47-44-. The highest BCUT2D eigenvalue weighted by Gasteiger charge is 2.19. The molecule has 0 amide bonds. The molecule has 416 valence electrons. The van der Waals surface area contributed by atoms with Crippen LogP contribution in [-0.4, -0.2) is 37.2 Å². The average molecular weight is 1010 g/mol. The number of carbonyl (C=O) groups is 3. The Labute approximate surface area is 450 Å². The lowest BCUT2D eigenvalue weighted by molar-refractivity contribution is -0.167. The van der Waals surface area contributed by atoms with Gasteiger partial charge in [0.15, 0.2) is 6.10 Å². The number of unbranched alkanes of at least 4 members (excludes halogenated alkanes) is 25. The van der Waals surface area contributed by atoms with Crippen molar-refractivity contribution in [2.45, 2.75) is 284 Å². The van der Waals surface area contributed by atoms with Crippen molar-refractivity contribution >= 4 is 17.9 Å². The minimum atomic E-state index is -0.788. The second-order valence-corrected chi connectivity index (χ2v) is 19.9. The van der Waals surface area contributed by atoms with Crippen molar-refractivity contribution < 1.29 is 28.6 Å². The normalized spacial score (nSPS) is 12.9. The number of esters is 3. The number of rotatable bonds is 54. The number of allylic oxidation sites excluding steroid dienone is 18. The summed E-state index contributed by atoms with van der Waals surface area (Å²) in [5.41, 5.74) is 0. The molecule has 0 saturated carbocycles. The second kappa shape index (κ2) is 60.6. The van der Waals surface area contributed by atoms with E-state index in [9.17, 15) is 14.4 Å². The maximum absolute atomic E-state index is 12.8. The lowest BCUT2D eigenvalue weighted by atomic mass is 10.0. The summed E-state index contributed by atoms with van der Waals surface area (Å²) in [5.74, 6) is -0.921. The van der Waals surface area contributed by atoms with Gasteiger partial charge in [0.2, 0.25) is 0 Å². The SMILES string of the molecule is CC/C=C\C/C=C\C/C=C\C/C=C\C/C=C\C/C=C\CCCCCCCCCCCCCCCCCCC(=O)OCC(COC(=O)CCCCCCCCC)OC(=O)CCCCC/C=C\C/C=C\C/C=C\CC. The summed E-state index contributed by atoms with van der Waals surface area (Å²) < 4.78 is 16.7. The molecule has 0 saturated heterocycles. The van der Waals surface area contributed by atoms with Gasteiger partial charge in [0, 0.05) is 19.3 Å². The number of hydrogen-bond donors (Lipinski definition) is 0. The number of carbonyl (C=O) groups excluding carboxylic acids is 3. The van der Waals surface area contributed by atoms with Crippen LogP contribution in [0.1, 0.15) is 278 Å². The monoisotopic (exact) mass is 1010 g/mol. The zero-order valence-electron chi connectivity index (χ0n) is 47.6. The van der Waals surface area contributed by atoms with Crippen LogP contribution < -0.4 is 0 Å². The predicted octanol–water partition coefficient (Wildman–Crippen LogP) is 20.7. The zero-order valence-corrected chi connectivity index (χ0v) is 47.6. The van der Waals surface area contributed by atoms with Crippen LogP contribution in [0.15, 0.2) is 109 Å². The molecule has 0 aromatic carbocycles. The maximum Gasteiger partial charge on any atom is 0.306 e. The smallest absolute Gasteiger partial charge is 0.306 e. The lowest BCUT2D eigenvalue weighted by Crippen LogP contribution is -2.30. The molecule has 0 aliphatic rings. The van der Waals surface area contributed by atoms with E-state index in [1.807, 2.05) is 0 Å². The molecule has 0 spiro atoms. The van der Waals surface area contributed by atoms with Crippen LogP contribution in [0.3, 0.4) is 0 Å². The molecule has 1 atom stereocenters. The fraction of sp³-hybridized carbons (Fsp3) is 0.687. The van der Waals surface area contributed by atoms with Crippen LogP contribution in [0.25, 0.3) is 0 Å². The number of hydrogen-bond acceptors (Lipinski definition) is 6. The van der Waals surface area contributed by atoms with Gasteiger partial charge in [-0.15, -0.1) is 0 Å². The molecule has 1 unspecified atom stereocenters. The van der Waals surface area contributed by atoms with Crippen molar-refractivity contribution in [2.75, 3.05) is 13.2 Å². The third-order valence-corrected chi connectivity index (χ3v) is 12.8. The highest BCUT2D eigenvalue weighted by atomic mass is 16.6. The molecule has 0 aliphatic heterocycles. The van der Waals surface area contributed by atoms with Gasteiger partial charge in [-0.05, 0) is 103 Å². The Hall–Kier alpha value is -3.93. The van der Waals surface area contributed by atoms with E-state index in [1.54, 1.807) is 0 Å². The molecule has 6 nitrogen and oxygen atoms in total. The van der Waals surface area contributed by atoms with Gasteiger partial charge in [0.25, 0.3) is 0 Å². The second-order valence-electron chi connectivity index (χ2n) is 19.9. The Bertz CT molecular complexity index is 1490. The van der Waals surface area contributed by atoms with E-state index in [-0.39, 0.29) is 31.1 Å². The molecule has 0 bridgehead atoms. The van der Waals surface area contributed by atoms with E-state index in [1.165, 1.54) is 116 Å². The van der Waals surface area contributed by atoms with Crippen molar-refractivity contribution in [3.8, 4) is 0 Å². The first kappa shape index (κ1) is 69.1. The largest absolute Gasteiger partial charge is 0.462 e. The van der Waals surface area contributed by atoms with E-state index < -0.39 is 6.10 Å². The first-order valence-corrected chi connectivity index (χ1v) is 30.4. The molecule has 0 heterocycles.